The highest BCUT2D eigenvalue weighted by molar-refractivity contribution is 6.69. The van der Waals surface area contributed by atoms with Crippen LogP contribution in [0.15, 0.2) is 160 Å². The van der Waals surface area contributed by atoms with E-state index in [-0.39, 0.29) is 27.3 Å². The van der Waals surface area contributed by atoms with Gasteiger partial charge in [0.05, 0.1) is 11.0 Å². The monoisotopic (exact) mass is 810 g/mol. The molecule has 0 spiro atoms. The largest absolute Gasteiger partial charge is 0.456 e. The molecule has 4 heterocycles. The number of hydrogen-bond acceptors (Lipinski definition) is 2. The minimum atomic E-state index is 0.154. The van der Waals surface area contributed by atoms with Gasteiger partial charge in [-0.25, -0.2) is 0 Å². The molecule has 0 N–H and O–H groups in total. The lowest BCUT2D eigenvalue weighted by Gasteiger charge is -2.19. The Bertz CT molecular complexity index is 4220. The lowest BCUT2D eigenvalue weighted by molar-refractivity contribution is 0.668. The zero-order valence-corrected chi connectivity index (χ0v) is 34.7. The number of nitrogens with zero attached hydrogens (tertiary/aromatic N) is 2. The van der Waals surface area contributed by atoms with Crippen molar-refractivity contribution in [1.29, 1.82) is 0 Å². The Morgan fingerprint density at radius 1 is 0.323 bits per heavy atom. The first-order valence-corrected chi connectivity index (χ1v) is 21.2. The van der Waals surface area contributed by atoms with E-state index in [0.717, 1.165) is 82.5 Å². The molecule has 284 valence electrons. The Kier molecular flexibility index (Phi) is 8.10. The summed E-state index contributed by atoms with van der Waals surface area (Å²) in [6, 6.07) is 51.4. The molecule has 0 unspecified atom stereocenters. The highest BCUT2D eigenvalue weighted by Gasteiger charge is 2.26. The lowest BCUT2D eigenvalue weighted by Crippen LogP contribution is -2.48. The van der Waals surface area contributed by atoms with Crippen LogP contribution in [-0.2, 0) is 0 Å². The second-order valence-corrected chi connectivity index (χ2v) is 16.7. The maximum absolute atomic E-state index is 7.43. The highest BCUT2D eigenvalue weighted by Crippen LogP contribution is 2.42. The Labute approximate surface area is 382 Å². The summed E-state index contributed by atoms with van der Waals surface area (Å²) in [5.41, 5.74) is 12.9. The van der Waals surface area contributed by atoms with Crippen molar-refractivity contribution in [3.63, 3.8) is 0 Å². The van der Waals surface area contributed by atoms with E-state index in [0.29, 0.717) is 49.6 Å². The summed E-state index contributed by atoms with van der Waals surface area (Å²) >= 11 is 0. The van der Waals surface area contributed by atoms with Crippen molar-refractivity contribution in [1.82, 2.24) is 9.13 Å². The van der Waals surface area contributed by atoms with Gasteiger partial charge in [-0.2, -0.15) is 0 Å². The number of aromatic nitrogens is 2. The Morgan fingerprint density at radius 2 is 0.877 bits per heavy atom. The molecule has 11 heteroatoms. The number of benzene rings is 9. The van der Waals surface area contributed by atoms with Crippen LogP contribution in [0, 0.1) is 0 Å². The Morgan fingerprint density at radius 3 is 1.54 bits per heavy atom. The van der Waals surface area contributed by atoms with Gasteiger partial charge >= 0.3 is 0 Å². The zero-order chi connectivity index (χ0) is 44.0. The molecule has 0 saturated carbocycles. The van der Waals surface area contributed by atoms with E-state index in [1.165, 1.54) is 0 Å². The van der Waals surface area contributed by atoms with Crippen LogP contribution < -0.4 is 38.2 Å². The number of rotatable bonds is 4. The molecule has 0 saturated heterocycles. The van der Waals surface area contributed by atoms with Gasteiger partial charge in [0.15, 0.2) is 0 Å². The molecule has 9 aromatic carbocycles. The standard InChI is InChI=1S/C54H25B7N2O2/c55-46-42(47(56)51(60)53-44(46)45-48(57)49(58)50(59)52(61)54(45)63(53)29-19-21-34-32-12-5-7-16-39(32)65-41(34)25-29)27-17-22-36-35(23-27)43-30(26-9-2-1-3-10-26)13-8-14-37(43)62(36)28-18-20-33-31-11-4-6-15-38(31)64-40(33)24-28/h1-25H. The molecule has 65 heavy (non-hydrogen) atoms. The van der Waals surface area contributed by atoms with Crippen LogP contribution in [0.3, 0.4) is 0 Å². The third kappa shape index (κ3) is 5.24. The van der Waals surface area contributed by atoms with Crippen LogP contribution in [-0.4, -0.2) is 64.1 Å². The molecule has 0 fully saturated rings. The first-order chi connectivity index (χ1) is 31.7. The van der Waals surface area contributed by atoms with Gasteiger partial charge in [0.2, 0.25) is 0 Å². The molecular formula is C54H25B7N2O2. The van der Waals surface area contributed by atoms with Gasteiger partial charge in [0.1, 0.15) is 77.3 Å². The smallest absolute Gasteiger partial charge is 0.137 e. The fourth-order valence-corrected chi connectivity index (χ4v) is 10.3. The number of hydrogen-bond donors (Lipinski definition) is 0. The molecule has 0 aliphatic carbocycles. The van der Waals surface area contributed by atoms with Gasteiger partial charge in [-0.15, -0.1) is 10.9 Å². The molecule has 0 aliphatic heterocycles. The van der Waals surface area contributed by atoms with E-state index in [9.17, 15) is 0 Å². The summed E-state index contributed by atoms with van der Waals surface area (Å²) in [5, 5.41) is 7.20. The number of para-hydroxylation sites is 2. The van der Waals surface area contributed by atoms with Crippen LogP contribution in [0.25, 0.3) is 121 Å². The van der Waals surface area contributed by atoms with Crippen molar-refractivity contribution < 1.29 is 8.83 Å². The molecular weight excluding hydrogens is 784 g/mol. The lowest BCUT2D eigenvalue weighted by atomic mass is 9.64. The molecule has 14 radical (unpaired) electrons. The fraction of sp³-hybridized carbons (Fsp3) is 0. The second kappa shape index (κ2) is 13.8. The molecule has 0 aliphatic rings. The van der Waals surface area contributed by atoms with Crippen LogP contribution in [0.5, 0.6) is 0 Å². The number of furan rings is 2. The van der Waals surface area contributed by atoms with Crippen molar-refractivity contribution in [2.45, 2.75) is 0 Å². The van der Waals surface area contributed by atoms with Crippen LogP contribution >= 0.6 is 0 Å². The van der Waals surface area contributed by atoms with Gasteiger partial charge in [-0.1, -0.05) is 112 Å². The topological polar surface area (TPSA) is 36.1 Å². The third-order valence-corrected chi connectivity index (χ3v) is 13.3. The molecule has 4 nitrogen and oxygen atoms in total. The SMILES string of the molecule is [B]c1c([B])c([B])c2c(c1[B])c1c([B])c(-c3ccc4c(c3)c3c(-c5ccccc5)cccc3n4-c3ccc4c(c3)oc3ccccc34)c([B])c([B])c1n2-c1ccc2c(c1)oc1ccccc12. The van der Waals surface area contributed by atoms with Crippen molar-refractivity contribution in [2.75, 3.05) is 0 Å². The minimum Gasteiger partial charge on any atom is -0.456 e. The summed E-state index contributed by atoms with van der Waals surface area (Å²) in [7, 11) is 48.9. The minimum absolute atomic E-state index is 0.154. The summed E-state index contributed by atoms with van der Waals surface area (Å²) in [6.45, 7) is 0. The average Bonchev–Trinajstić information content (AvgIpc) is 4.09. The second-order valence-electron chi connectivity index (χ2n) is 16.7. The molecule has 0 atom stereocenters. The van der Waals surface area contributed by atoms with Crippen LogP contribution in [0.4, 0.5) is 0 Å². The molecule has 4 aromatic heterocycles. The van der Waals surface area contributed by atoms with Crippen LogP contribution in [0.2, 0.25) is 0 Å². The highest BCUT2D eigenvalue weighted by atomic mass is 16.3. The predicted octanol–water partition coefficient (Wildman–Crippen LogP) is 6.57. The molecule has 13 aromatic rings. The van der Waals surface area contributed by atoms with E-state index in [1.807, 2.05) is 77.4 Å². The van der Waals surface area contributed by atoms with Gasteiger partial charge in [-0.3, -0.25) is 0 Å². The maximum Gasteiger partial charge on any atom is 0.137 e. The van der Waals surface area contributed by atoms with Crippen molar-refractivity contribution in [2.24, 2.45) is 0 Å². The summed E-state index contributed by atoms with van der Waals surface area (Å²) in [5.74, 6) is 0. The van der Waals surface area contributed by atoms with Gasteiger partial charge < -0.3 is 18.0 Å². The van der Waals surface area contributed by atoms with Crippen molar-refractivity contribution in [3.05, 3.63) is 152 Å². The average molecular weight is 809 g/mol. The summed E-state index contributed by atoms with van der Waals surface area (Å²) in [4.78, 5) is 0. The molecule has 13 rings (SSSR count). The first-order valence-electron chi connectivity index (χ1n) is 21.2. The number of fused-ring (bicyclic) bond motifs is 12. The van der Waals surface area contributed by atoms with E-state index in [2.05, 4.69) is 83.4 Å². The van der Waals surface area contributed by atoms with E-state index < -0.39 is 0 Å². The Balaban J connectivity index is 1.10. The van der Waals surface area contributed by atoms with E-state index in [1.54, 1.807) is 0 Å². The third-order valence-electron chi connectivity index (χ3n) is 13.3. The van der Waals surface area contributed by atoms with Gasteiger partial charge in [-0.05, 0) is 82.2 Å². The molecule has 0 amide bonds. The van der Waals surface area contributed by atoms with Crippen molar-refractivity contribution >= 4 is 181 Å². The van der Waals surface area contributed by atoms with E-state index >= 15 is 0 Å². The normalized spacial score (nSPS) is 12.1. The summed E-state index contributed by atoms with van der Waals surface area (Å²) in [6.07, 6.45) is 0. The maximum atomic E-state index is 7.43. The zero-order valence-electron chi connectivity index (χ0n) is 34.7. The predicted molar refractivity (Wildman–Crippen MR) is 278 cm³/mol. The van der Waals surface area contributed by atoms with E-state index in [4.69, 9.17) is 63.8 Å². The van der Waals surface area contributed by atoms with Crippen LogP contribution in [0.1, 0.15) is 0 Å². The summed E-state index contributed by atoms with van der Waals surface area (Å²) < 4.78 is 16.9. The fourth-order valence-electron chi connectivity index (χ4n) is 10.3. The van der Waals surface area contributed by atoms with Crippen molar-refractivity contribution in [3.8, 4) is 33.6 Å². The van der Waals surface area contributed by atoms with Gasteiger partial charge in [0, 0.05) is 72.2 Å². The first kappa shape index (κ1) is 38.1. The quantitative estimate of drug-likeness (QED) is 0.189. The van der Waals surface area contributed by atoms with Gasteiger partial charge in [0.25, 0.3) is 0 Å². The Hall–Kier alpha value is -7.37. The molecule has 0 bridgehead atoms.